The number of para-hydroxylation sites is 1. The number of aryl methyl sites for hydroxylation is 2. The zero-order valence-corrected chi connectivity index (χ0v) is 11.1. The predicted molar refractivity (Wildman–Crippen MR) is 75.2 cm³/mol. The molecule has 2 aromatic rings. The van der Waals surface area contributed by atoms with E-state index < -0.39 is 0 Å². The van der Waals surface area contributed by atoms with Crippen molar-refractivity contribution in [3.8, 4) is 6.07 Å². The summed E-state index contributed by atoms with van der Waals surface area (Å²) in [6, 6.07) is 10.0. The topological polar surface area (TPSA) is 61.6 Å². The number of benzene rings is 1. The van der Waals surface area contributed by atoms with Gasteiger partial charge in [-0.25, -0.2) is 0 Å². The van der Waals surface area contributed by atoms with E-state index in [0.29, 0.717) is 11.4 Å². The molecule has 0 fully saturated rings. The maximum absolute atomic E-state index is 9.09. The molecule has 0 unspecified atom stereocenters. The van der Waals surface area contributed by atoms with Crippen molar-refractivity contribution in [2.45, 2.75) is 26.7 Å². The van der Waals surface area contributed by atoms with Crippen LogP contribution in [0.3, 0.4) is 0 Å². The Hall–Kier alpha value is -2.41. The zero-order chi connectivity index (χ0) is 13.7. The molecule has 4 nitrogen and oxygen atoms in total. The van der Waals surface area contributed by atoms with Gasteiger partial charge in [0.15, 0.2) is 5.82 Å². The predicted octanol–water partition coefficient (Wildman–Crippen LogP) is 3.22. The smallest absolute Gasteiger partial charge is 0.171 e. The second-order valence-electron chi connectivity index (χ2n) is 4.19. The highest BCUT2D eigenvalue weighted by molar-refractivity contribution is 5.68. The van der Waals surface area contributed by atoms with Gasteiger partial charge in [0.1, 0.15) is 6.07 Å². The molecule has 0 atom stereocenters. The van der Waals surface area contributed by atoms with Crippen LogP contribution in [0.2, 0.25) is 0 Å². The van der Waals surface area contributed by atoms with Gasteiger partial charge in [-0.05, 0) is 30.0 Å². The molecule has 0 radical (unpaired) electrons. The summed E-state index contributed by atoms with van der Waals surface area (Å²) in [4.78, 5) is 0. The third-order valence-corrected chi connectivity index (χ3v) is 3.08. The van der Waals surface area contributed by atoms with Crippen molar-refractivity contribution < 1.29 is 0 Å². The molecule has 0 bridgehead atoms. The van der Waals surface area contributed by atoms with Crippen LogP contribution >= 0.6 is 0 Å². The average molecular weight is 252 g/mol. The molecule has 0 saturated carbocycles. The summed E-state index contributed by atoms with van der Waals surface area (Å²) in [5, 5.41) is 20.2. The Morgan fingerprint density at radius 2 is 1.84 bits per heavy atom. The van der Waals surface area contributed by atoms with Crippen molar-refractivity contribution in [1.82, 2.24) is 10.2 Å². The van der Waals surface area contributed by atoms with Crippen LogP contribution in [-0.4, -0.2) is 10.2 Å². The second-order valence-corrected chi connectivity index (χ2v) is 4.19. The number of nitrogens with one attached hydrogen (secondary N) is 1. The molecule has 0 aliphatic carbocycles. The highest BCUT2D eigenvalue weighted by atomic mass is 15.2. The van der Waals surface area contributed by atoms with Crippen LogP contribution in [0.4, 0.5) is 11.5 Å². The van der Waals surface area contributed by atoms with Gasteiger partial charge < -0.3 is 5.32 Å². The molecule has 1 aromatic carbocycles. The Bertz CT molecular complexity index is 592. The van der Waals surface area contributed by atoms with Gasteiger partial charge in [0.25, 0.3) is 0 Å². The lowest BCUT2D eigenvalue weighted by molar-refractivity contribution is 1.02. The first-order chi connectivity index (χ1) is 9.30. The van der Waals surface area contributed by atoms with Crippen molar-refractivity contribution >= 4 is 11.5 Å². The fourth-order valence-corrected chi connectivity index (χ4v) is 2.04. The molecule has 0 amide bonds. The monoisotopic (exact) mass is 252 g/mol. The minimum Gasteiger partial charge on any atom is -0.337 e. The van der Waals surface area contributed by atoms with Crippen molar-refractivity contribution in [2.75, 3.05) is 5.32 Å². The highest BCUT2D eigenvalue weighted by Gasteiger charge is 2.10. The van der Waals surface area contributed by atoms with Gasteiger partial charge in [-0.1, -0.05) is 32.0 Å². The molecule has 0 aliphatic heterocycles. The van der Waals surface area contributed by atoms with Crippen LogP contribution < -0.4 is 5.32 Å². The molecule has 1 N–H and O–H groups in total. The molecule has 19 heavy (non-hydrogen) atoms. The van der Waals surface area contributed by atoms with E-state index in [4.69, 9.17) is 5.26 Å². The lowest BCUT2D eigenvalue weighted by Crippen LogP contribution is -2.03. The van der Waals surface area contributed by atoms with Crippen molar-refractivity contribution in [1.29, 1.82) is 5.26 Å². The largest absolute Gasteiger partial charge is 0.337 e. The van der Waals surface area contributed by atoms with Crippen LogP contribution in [-0.2, 0) is 12.8 Å². The Morgan fingerprint density at radius 1 is 1.16 bits per heavy atom. The minimum absolute atomic E-state index is 0.503. The maximum Gasteiger partial charge on any atom is 0.171 e. The number of hydrogen-bond acceptors (Lipinski definition) is 4. The summed E-state index contributed by atoms with van der Waals surface area (Å²) in [6.45, 7) is 4.23. The van der Waals surface area contributed by atoms with E-state index >= 15 is 0 Å². The summed E-state index contributed by atoms with van der Waals surface area (Å²) >= 11 is 0. The number of anilines is 2. The second kappa shape index (κ2) is 5.96. The van der Waals surface area contributed by atoms with Crippen LogP contribution in [0.25, 0.3) is 0 Å². The quantitative estimate of drug-likeness (QED) is 0.907. The van der Waals surface area contributed by atoms with E-state index in [9.17, 15) is 0 Å². The first-order valence-electron chi connectivity index (χ1n) is 6.39. The van der Waals surface area contributed by atoms with E-state index in [1.807, 2.05) is 0 Å². The van der Waals surface area contributed by atoms with Crippen LogP contribution in [0.15, 0.2) is 30.5 Å². The fourth-order valence-electron chi connectivity index (χ4n) is 2.04. The van der Waals surface area contributed by atoms with E-state index in [0.717, 1.165) is 18.5 Å². The van der Waals surface area contributed by atoms with Crippen LogP contribution in [0.5, 0.6) is 0 Å². The molecular weight excluding hydrogens is 236 g/mol. The third-order valence-electron chi connectivity index (χ3n) is 3.08. The average Bonchev–Trinajstić information content (AvgIpc) is 2.48. The van der Waals surface area contributed by atoms with Gasteiger partial charge in [0, 0.05) is 5.69 Å². The lowest BCUT2D eigenvalue weighted by atomic mass is 10.0. The van der Waals surface area contributed by atoms with Crippen molar-refractivity contribution in [3.05, 3.63) is 47.2 Å². The Morgan fingerprint density at radius 3 is 2.42 bits per heavy atom. The Balaban J connectivity index is 2.46. The third kappa shape index (κ3) is 2.71. The molecule has 4 heteroatoms. The standard InChI is InChI=1S/C15H16N4/c1-3-11-6-5-7-12(4-2)14(11)18-15-13(10-16)8-9-17-19-15/h5-9H,3-4H2,1-2H3,(H,18,19). The summed E-state index contributed by atoms with van der Waals surface area (Å²) in [5.41, 5.74) is 3.98. The molecule has 96 valence electrons. The van der Waals surface area contributed by atoms with Crippen molar-refractivity contribution in [3.63, 3.8) is 0 Å². The van der Waals surface area contributed by atoms with Gasteiger partial charge in [-0.15, -0.1) is 5.10 Å². The van der Waals surface area contributed by atoms with Gasteiger partial charge >= 0.3 is 0 Å². The summed E-state index contributed by atoms with van der Waals surface area (Å²) in [5.74, 6) is 0.514. The minimum atomic E-state index is 0.503. The lowest BCUT2D eigenvalue weighted by Gasteiger charge is -2.14. The Kier molecular flexibility index (Phi) is 4.09. The van der Waals surface area contributed by atoms with E-state index in [1.165, 1.54) is 17.3 Å². The van der Waals surface area contributed by atoms with Crippen LogP contribution in [0, 0.1) is 11.3 Å². The first kappa shape index (κ1) is 13.0. The number of hydrogen-bond donors (Lipinski definition) is 1. The normalized spacial score (nSPS) is 9.95. The molecule has 0 spiro atoms. The number of nitriles is 1. The van der Waals surface area contributed by atoms with Crippen LogP contribution in [0.1, 0.15) is 30.5 Å². The Labute approximate surface area is 113 Å². The first-order valence-corrected chi connectivity index (χ1v) is 6.39. The molecule has 2 rings (SSSR count). The highest BCUT2D eigenvalue weighted by Crippen LogP contribution is 2.26. The van der Waals surface area contributed by atoms with Gasteiger partial charge in [0.2, 0.25) is 0 Å². The zero-order valence-electron chi connectivity index (χ0n) is 11.1. The number of rotatable bonds is 4. The van der Waals surface area contributed by atoms with Gasteiger partial charge in [-0.2, -0.15) is 10.4 Å². The summed E-state index contributed by atoms with van der Waals surface area (Å²) < 4.78 is 0. The molecule has 0 aliphatic rings. The summed E-state index contributed by atoms with van der Waals surface area (Å²) in [7, 11) is 0. The van der Waals surface area contributed by atoms with Crippen molar-refractivity contribution in [2.24, 2.45) is 0 Å². The summed E-state index contributed by atoms with van der Waals surface area (Å²) in [6.07, 6.45) is 3.38. The molecular formula is C15H16N4. The SMILES string of the molecule is CCc1cccc(CC)c1Nc1nnccc1C#N. The van der Waals surface area contributed by atoms with Gasteiger partial charge in [-0.3, -0.25) is 0 Å². The van der Waals surface area contributed by atoms with E-state index in [1.54, 1.807) is 6.07 Å². The van der Waals surface area contributed by atoms with E-state index in [2.05, 4.69) is 53.6 Å². The maximum atomic E-state index is 9.09. The molecule has 1 aromatic heterocycles. The van der Waals surface area contributed by atoms with E-state index in [-0.39, 0.29) is 0 Å². The fraction of sp³-hybridized carbons (Fsp3) is 0.267. The number of nitrogens with zero attached hydrogens (tertiary/aromatic N) is 3. The molecule has 0 saturated heterocycles. The molecule has 1 heterocycles. The number of aromatic nitrogens is 2. The van der Waals surface area contributed by atoms with Gasteiger partial charge in [0.05, 0.1) is 11.8 Å².